The summed E-state index contributed by atoms with van der Waals surface area (Å²) in [5, 5.41) is 10.0. The normalized spacial score (nSPS) is 16.8. The number of esters is 2. The number of carbonyl (C=O) groups excluding carboxylic acids is 2. The lowest BCUT2D eigenvalue weighted by Gasteiger charge is -2.32. The summed E-state index contributed by atoms with van der Waals surface area (Å²) >= 11 is 0. The highest BCUT2D eigenvalue weighted by atomic mass is 16.7. The average Bonchev–Trinajstić information content (AvgIpc) is 3.04. The van der Waals surface area contributed by atoms with Crippen LogP contribution in [0.4, 0.5) is 0 Å². The van der Waals surface area contributed by atoms with E-state index in [0.29, 0.717) is 6.61 Å². The van der Waals surface area contributed by atoms with Gasteiger partial charge in [0, 0.05) is 26.1 Å². The van der Waals surface area contributed by atoms with Gasteiger partial charge in [0.25, 0.3) is 0 Å². The van der Waals surface area contributed by atoms with Crippen molar-refractivity contribution in [3.63, 3.8) is 0 Å². The second-order valence-electron chi connectivity index (χ2n) is 9.45. The molecule has 1 aromatic rings. The van der Waals surface area contributed by atoms with Crippen molar-refractivity contribution in [1.82, 2.24) is 0 Å². The smallest absolute Gasteiger partial charge is 0.461 e. The number of aliphatic hydroxyl groups excluding tert-OH is 1. The van der Waals surface area contributed by atoms with Gasteiger partial charge in [0.1, 0.15) is 13.2 Å². The van der Waals surface area contributed by atoms with E-state index in [9.17, 15) is 14.7 Å². The molecular weight excluding hydrogens is 471 g/mol. The maximum Gasteiger partial charge on any atom is 0.461 e. The Kier molecular flexibility index (Phi) is 16.4. The largest absolute Gasteiger partial charge is 0.465 e. The Hall–Kier alpha value is -2.68. The van der Waals surface area contributed by atoms with Gasteiger partial charge in [0.2, 0.25) is 0 Å². The molecule has 1 heterocycles. The third-order valence-corrected chi connectivity index (χ3v) is 5.77. The van der Waals surface area contributed by atoms with Crippen LogP contribution in [-0.2, 0) is 28.4 Å². The number of benzene rings is 1. The summed E-state index contributed by atoms with van der Waals surface area (Å²) in [6, 6.07) is 9.24. The van der Waals surface area contributed by atoms with Crippen LogP contribution in [0.5, 0.6) is 0 Å². The van der Waals surface area contributed by atoms with Crippen molar-refractivity contribution in [1.29, 1.82) is 0 Å². The Labute approximate surface area is 223 Å². The molecule has 0 unspecified atom stereocenters. The van der Waals surface area contributed by atoms with Crippen LogP contribution in [0.2, 0.25) is 6.32 Å². The topological polar surface area (TPSA) is 91.3 Å². The van der Waals surface area contributed by atoms with Crippen LogP contribution < -0.4 is 0 Å². The lowest BCUT2D eigenvalue weighted by molar-refractivity contribution is -0.143. The molecule has 1 saturated heterocycles. The van der Waals surface area contributed by atoms with Crippen LogP contribution in [-0.4, -0.2) is 48.6 Å². The third kappa shape index (κ3) is 14.0. The van der Waals surface area contributed by atoms with E-state index < -0.39 is 6.10 Å². The monoisotopic (exact) mass is 516 g/mol. The van der Waals surface area contributed by atoms with Crippen molar-refractivity contribution >= 4 is 19.1 Å². The molecular formula is C29H45BO7. The molecule has 1 aromatic carbocycles. The molecule has 8 heteroatoms. The van der Waals surface area contributed by atoms with Crippen LogP contribution in [0.25, 0.3) is 0 Å². The van der Waals surface area contributed by atoms with Gasteiger partial charge < -0.3 is 23.9 Å². The fourth-order valence-electron chi connectivity index (χ4n) is 3.00. The van der Waals surface area contributed by atoms with Gasteiger partial charge in [0.05, 0.1) is 17.3 Å². The zero-order valence-corrected chi connectivity index (χ0v) is 23.6. The van der Waals surface area contributed by atoms with Crippen molar-refractivity contribution in [2.24, 2.45) is 5.92 Å². The van der Waals surface area contributed by atoms with E-state index in [-0.39, 0.29) is 42.8 Å². The van der Waals surface area contributed by atoms with E-state index in [2.05, 4.69) is 45.6 Å². The average molecular weight is 516 g/mol. The lowest BCUT2D eigenvalue weighted by Crippen LogP contribution is -2.41. The van der Waals surface area contributed by atoms with Gasteiger partial charge in [-0.3, -0.25) is 9.59 Å². The minimum absolute atomic E-state index is 0.118. The zero-order chi connectivity index (χ0) is 28.5. The molecule has 7 nitrogen and oxygen atoms in total. The fraction of sp³-hybridized carbons (Fsp3) is 0.517. The van der Waals surface area contributed by atoms with Crippen molar-refractivity contribution in [2.45, 2.75) is 78.5 Å². The molecule has 0 aliphatic carbocycles. The first-order valence-electron chi connectivity index (χ1n) is 12.5. The maximum absolute atomic E-state index is 10.7. The van der Waals surface area contributed by atoms with E-state index in [1.54, 1.807) is 6.08 Å². The zero-order valence-electron chi connectivity index (χ0n) is 23.6. The molecule has 206 valence electrons. The van der Waals surface area contributed by atoms with Gasteiger partial charge in [0.15, 0.2) is 0 Å². The summed E-state index contributed by atoms with van der Waals surface area (Å²) in [5.74, 6) is -0.867. The van der Waals surface area contributed by atoms with Crippen molar-refractivity contribution in [3.8, 4) is 0 Å². The number of aliphatic hydroxyl groups is 1. The number of rotatable bonds is 10. The Morgan fingerprint density at radius 2 is 1.54 bits per heavy atom. The third-order valence-electron chi connectivity index (χ3n) is 5.77. The number of ether oxygens (including phenoxy) is 2. The minimum Gasteiger partial charge on any atom is -0.465 e. The highest BCUT2D eigenvalue weighted by Gasteiger charge is 2.50. The highest BCUT2D eigenvalue weighted by Crippen LogP contribution is 2.37. The molecule has 0 radical (unpaired) electrons. The molecule has 1 aliphatic heterocycles. The molecule has 0 spiro atoms. The quantitative estimate of drug-likeness (QED) is 0.236. The van der Waals surface area contributed by atoms with Crippen LogP contribution >= 0.6 is 0 Å². The van der Waals surface area contributed by atoms with Gasteiger partial charge in [-0.05, 0) is 39.7 Å². The first kappa shape index (κ1) is 34.3. The van der Waals surface area contributed by atoms with Gasteiger partial charge >= 0.3 is 19.1 Å². The molecule has 0 bridgehead atoms. The number of carbonyl (C=O) groups is 2. The van der Waals surface area contributed by atoms with Gasteiger partial charge in [-0.1, -0.05) is 61.6 Å². The minimum atomic E-state index is -0.696. The van der Waals surface area contributed by atoms with Crippen molar-refractivity contribution < 1.29 is 33.5 Å². The molecule has 2 rings (SSSR count). The van der Waals surface area contributed by atoms with Gasteiger partial charge in [-0.25, -0.2) is 0 Å². The molecule has 0 aromatic heterocycles. The Bertz CT molecular complexity index is 833. The SMILES string of the molecule is C=CCB1OC(C)(C)C(C)(C)O1.C=C[C@@H](COC(C)=O)[C@@H](O)c1ccccc1.CC/C=C\COC(C)=O. The fourth-order valence-corrected chi connectivity index (χ4v) is 3.00. The summed E-state index contributed by atoms with van der Waals surface area (Å²) < 4.78 is 20.9. The molecule has 1 fully saturated rings. The summed E-state index contributed by atoms with van der Waals surface area (Å²) in [4.78, 5) is 20.8. The van der Waals surface area contributed by atoms with E-state index in [0.717, 1.165) is 18.3 Å². The second kappa shape index (κ2) is 17.7. The molecule has 1 aliphatic rings. The van der Waals surface area contributed by atoms with E-state index in [1.807, 2.05) is 55.5 Å². The predicted molar refractivity (Wildman–Crippen MR) is 149 cm³/mol. The van der Waals surface area contributed by atoms with Crippen molar-refractivity contribution in [2.75, 3.05) is 13.2 Å². The molecule has 0 amide bonds. The molecule has 0 saturated carbocycles. The highest BCUT2D eigenvalue weighted by molar-refractivity contribution is 6.46. The Morgan fingerprint density at radius 3 is 1.97 bits per heavy atom. The summed E-state index contributed by atoms with van der Waals surface area (Å²) in [6.07, 6.45) is 8.26. The first-order chi connectivity index (χ1) is 17.3. The van der Waals surface area contributed by atoms with Gasteiger partial charge in [-0.15, -0.1) is 13.2 Å². The maximum atomic E-state index is 10.7. The first-order valence-corrected chi connectivity index (χ1v) is 12.5. The second-order valence-corrected chi connectivity index (χ2v) is 9.45. The Morgan fingerprint density at radius 1 is 1.00 bits per heavy atom. The lowest BCUT2D eigenvalue weighted by atomic mass is 9.85. The number of hydrogen-bond acceptors (Lipinski definition) is 7. The summed E-state index contributed by atoms with van der Waals surface area (Å²) in [6.45, 7) is 20.8. The van der Waals surface area contributed by atoms with Crippen LogP contribution in [0.15, 0.2) is 67.8 Å². The van der Waals surface area contributed by atoms with Crippen LogP contribution in [0.1, 0.15) is 66.6 Å². The summed E-state index contributed by atoms with van der Waals surface area (Å²) in [5.41, 5.74) is 0.376. The number of hydrogen-bond donors (Lipinski definition) is 1. The predicted octanol–water partition coefficient (Wildman–Crippen LogP) is 5.87. The number of allylic oxidation sites excluding steroid dienone is 2. The molecule has 37 heavy (non-hydrogen) atoms. The molecule has 2 atom stereocenters. The van der Waals surface area contributed by atoms with Gasteiger partial charge in [-0.2, -0.15) is 0 Å². The standard InChI is InChI=1S/C13H16O3.C9H17BO2.C7H12O2/c1-3-11(9-16-10(2)14)13(15)12-7-5-4-6-8-12;1-6-7-10-11-8(2,3)9(4,5)12-10;1-3-4-5-6-9-7(2)8/h3-8,11,13,15H,1,9H2,2H3;6H,1,7H2,2-5H3;4-5H,3,6H2,1-2H3/b;;5-4-/t11-,13+;;/m0../s1. The Balaban J connectivity index is 0.000000550. The van der Waals surface area contributed by atoms with E-state index in [4.69, 9.17) is 14.0 Å². The van der Waals surface area contributed by atoms with Crippen LogP contribution in [0.3, 0.4) is 0 Å². The van der Waals surface area contributed by atoms with E-state index >= 15 is 0 Å². The van der Waals surface area contributed by atoms with Crippen molar-refractivity contribution in [3.05, 3.63) is 73.4 Å². The van der Waals surface area contributed by atoms with E-state index in [1.165, 1.54) is 13.8 Å². The molecule has 1 N–H and O–H groups in total. The van der Waals surface area contributed by atoms with Crippen LogP contribution in [0, 0.1) is 5.92 Å². The summed E-state index contributed by atoms with van der Waals surface area (Å²) in [7, 11) is -0.118.